The molecule has 1 aliphatic carbocycles. The lowest BCUT2D eigenvalue weighted by molar-refractivity contribution is 0.0238. The number of amides is 1. The molecule has 7 heteroatoms. The summed E-state index contributed by atoms with van der Waals surface area (Å²) in [6.07, 6.45) is 3.55. The third kappa shape index (κ3) is 3.36. The molecule has 0 bridgehead atoms. The molecule has 3 aromatic rings. The van der Waals surface area contributed by atoms with Gasteiger partial charge in [-0.05, 0) is 49.1 Å². The van der Waals surface area contributed by atoms with Gasteiger partial charge >= 0.3 is 0 Å². The fraction of sp³-hybridized carbons (Fsp3) is 0.333. The number of fused-ring (bicyclic) bond motifs is 1. The fourth-order valence-electron chi connectivity index (χ4n) is 3.27. The monoisotopic (exact) mass is 337 g/mol. The maximum Gasteiger partial charge on any atom is 0.251 e. The van der Waals surface area contributed by atoms with Crippen LogP contribution in [0, 0.1) is 5.92 Å². The largest absolute Gasteiger partial charge is 0.393 e. The van der Waals surface area contributed by atoms with E-state index in [0.717, 1.165) is 11.2 Å². The lowest BCUT2D eigenvalue weighted by Gasteiger charge is -2.38. The first-order valence-corrected chi connectivity index (χ1v) is 8.38. The lowest BCUT2D eigenvalue weighted by atomic mass is 9.76. The van der Waals surface area contributed by atoms with Crippen LogP contribution >= 0.6 is 0 Å². The minimum absolute atomic E-state index is 0.0567. The first kappa shape index (κ1) is 15.7. The van der Waals surface area contributed by atoms with E-state index in [1.54, 1.807) is 24.4 Å². The van der Waals surface area contributed by atoms with Crippen LogP contribution in [0.2, 0.25) is 0 Å². The molecule has 1 aromatic carbocycles. The molecule has 1 unspecified atom stereocenters. The first-order valence-electron chi connectivity index (χ1n) is 8.38. The number of rotatable bonds is 5. The van der Waals surface area contributed by atoms with E-state index in [-0.39, 0.29) is 24.0 Å². The molecule has 3 N–H and O–H groups in total. The number of hydrogen-bond donors (Lipinski definition) is 3. The fourth-order valence-corrected chi connectivity index (χ4v) is 3.27. The average molecular weight is 337 g/mol. The van der Waals surface area contributed by atoms with Gasteiger partial charge in [-0.15, -0.1) is 0 Å². The minimum Gasteiger partial charge on any atom is -0.393 e. The Bertz CT molecular complexity index is 873. The van der Waals surface area contributed by atoms with Gasteiger partial charge < -0.3 is 10.4 Å². The smallest absolute Gasteiger partial charge is 0.251 e. The molecule has 0 aliphatic heterocycles. The third-order valence-corrected chi connectivity index (χ3v) is 4.77. The van der Waals surface area contributed by atoms with Crippen molar-refractivity contribution in [1.82, 2.24) is 25.7 Å². The highest BCUT2D eigenvalue weighted by Gasteiger charge is 2.35. The Morgan fingerprint density at radius 3 is 2.84 bits per heavy atom. The zero-order valence-electron chi connectivity index (χ0n) is 13.6. The van der Waals surface area contributed by atoms with Crippen LogP contribution in [0.1, 0.15) is 28.9 Å². The molecule has 4 rings (SSSR count). The Balaban J connectivity index is 1.51. The number of aliphatic hydroxyl groups excluding tert-OH is 1. The van der Waals surface area contributed by atoms with Crippen molar-refractivity contribution in [1.29, 1.82) is 0 Å². The van der Waals surface area contributed by atoms with E-state index < -0.39 is 0 Å². The molecule has 2 heterocycles. The van der Waals surface area contributed by atoms with E-state index in [2.05, 4.69) is 25.7 Å². The summed E-state index contributed by atoms with van der Waals surface area (Å²) in [4.78, 5) is 17.0. The summed E-state index contributed by atoms with van der Waals surface area (Å²) < 4.78 is 0. The molecule has 128 valence electrons. The summed E-state index contributed by atoms with van der Waals surface area (Å²) in [6.45, 7) is 0. The molecule has 1 atom stereocenters. The number of hydrogen-bond acceptors (Lipinski definition) is 5. The van der Waals surface area contributed by atoms with E-state index in [0.29, 0.717) is 30.3 Å². The maximum atomic E-state index is 12.7. The highest BCUT2D eigenvalue weighted by Crippen LogP contribution is 2.31. The summed E-state index contributed by atoms with van der Waals surface area (Å²) in [5.41, 5.74) is 2.87. The van der Waals surface area contributed by atoms with E-state index in [9.17, 15) is 9.90 Å². The number of aliphatic hydroxyl groups is 1. The molecule has 1 amide bonds. The van der Waals surface area contributed by atoms with Crippen molar-refractivity contribution >= 4 is 16.9 Å². The zero-order chi connectivity index (χ0) is 17.2. The number of carbonyl (C=O) groups is 1. The van der Waals surface area contributed by atoms with Crippen LogP contribution in [-0.4, -0.2) is 43.6 Å². The third-order valence-electron chi connectivity index (χ3n) is 4.77. The van der Waals surface area contributed by atoms with Crippen molar-refractivity contribution in [3.05, 3.63) is 53.9 Å². The highest BCUT2D eigenvalue weighted by atomic mass is 16.3. The quantitative estimate of drug-likeness (QED) is 0.654. The Morgan fingerprint density at radius 2 is 2.08 bits per heavy atom. The molecule has 1 aliphatic rings. The predicted molar refractivity (Wildman–Crippen MR) is 91.8 cm³/mol. The molecule has 7 nitrogen and oxygen atoms in total. The van der Waals surface area contributed by atoms with Gasteiger partial charge in [-0.1, -0.05) is 6.07 Å². The van der Waals surface area contributed by atoms with Crippen molar-refractivity contribution in [3.63, 3.8) is 0 Å². The molecule has 1 fully saturated rings. The molecular weight excluding hydrogens is 318 g/mol. The normalized spacial score (nSPS) is 20.8. The second kappa shape index (κ2) is 6.60. The summed E-state index contributed by atoms with van der Waals surface area (Å²) in [6, 6.07) is 10.9. The second-order valence-corrected chi connectivity index (χ2v) is 6.52. The van der Waals surface area contributed by atoms with Gasteiger partial charge in [-0.2, -0.15) is 15.4 Å². The van der Waals surface area contributed by atoms with Crippen LogP contribution in [0.5, 0.6) is 0 Å². The number of carbonyl (C=O) groups excluding carboxylic acids is 1. The first-order chi connectivity index (χ1) is 12.2. The van der Waals surface area contributed by atoms with Crippen LogP contribution in [-0.2, 0) is 6.42 Å². The van der Waals surface area contributed by atoms with E-state index in [1.807, 2.05) is 18.2 Å². The number of aromatic amines is 1. The Hall–Kier alpha value is -2.80. The van der Waals surface area contributed by atoms with Crippen molar-refractivity contribution in [2.24, 2.45) is 5.92 Å². The van der Waals surface area contributed by atoms with Gasteiger partial charge in [0, 0.05) is 29.9 Å². The number of aromatic nitrogens is 4. The van der Waals surface area contributed by atoms with E-state index in [1.165, 1.54) is 0 Å². The highest BCUT2D eigenvalue weighted by molar-refractivity contribution is 5.97. The average Bonchev–Trinajstić information content (AvgIpc) is 3.07. The van der Waals surface area contributed by atoms with Crippen LogP contribution in [0.4, 0.5) is 0 Å². The Labute approximate surface area is 144 Å². The Kier molecular flexibility index (Phi) is 4.15. The van der Waals surface area contributed by atoms with Crippen molar-refractivity contribution in [2.75, 3.05) is 0 Å². The van der Waals surface area contributed by atoms with Crippen LogP contribution in [0.15, 0.2) is 42.6 Å². The van der Waals surface area contributed by atoms with E-state index in [4.69, 9.17) is 0 Å². The summed E-state index contributed by atoms with van der Waals surface area (Å²) >= 11 is 0. The molecule has 25 heavy (non-hydrogen) atoms. The predicted octanol–water partition coefficient (Wildman–Crippen LogP) is 1.46. The maximum absolute atomic E-state index is 12.7. The van der Waals surface area contributed by atoms with Crippen LogP contribution in [0.25, 0.3) is 11.0 Å². The topological polar surface area (TPSA) is 104 Å². The van der Waals surface area contributed by atoms with E-state index >= 15 is 0 Å². The van der Waals surface area contributed by atoms with Gasteiger partial charge in [0.05, 0.1) is 6.10 Å². The number of nitrogens with one attached hydrogen (secondary N) is 2. The zero-order valence-corrected chi connectivity index (χ0v) is 13.6. The molecule has 0 radical (unpaired) electrons. The second-order valence-electron chi connectivity index (χ2n) is 6.52. The number of pyridine rings is 1. The van der Waals surface area contributed by atoms with Crippen molar-refractivity contribution in [3.8, 4) is 0 Å². The minimum atomic E-state index is -0.264. The van der Waals surface area contributed by atoms with Gasteiger partial charge in [0.15, 0.2) is 0 Å². The lowest BCUT2D eigenvalue weighted by Crippen LogP contribution is -2.48. The summed E-state index contributed by atoms with van der Waals surface area (Å²) in [5.74, 6) is 0.115. The molecule has 2 aromatic heterocycles. The van der Waals surface area contributed by atoms with Gasteiger partial charge in [-0.25, -0.2) is 0 Å². The Morgan fingerprint density at radius 1 is 1.24 bits per heavy atom. The number of nitrogens with zero attached hydrogens (tertiary/aromatic N) is 3. The molecule has 1 saturated carbocycles. The summed E-state index contributed by atoms with van der Waals surface area (Å²) in [7, 11) is 0. The summed E-state index contributed by atoms with van der Waals surface area (Å²) in [5, 5.41) is 23.3. The van der Waals surface area contributed by atoms with Crippen molar-refractivity contribution < 1.29 is 9.90 Å². The van der Waals surface area contributed by atoms with Crippen LogP contribution < -0.4 is 5.32 Å². The molecule has 0 spiro atoms. The van der Waals surface area contributed by atoms with Gasteiger partial charge in [-0.3, -0.25) is 9.78 Å². The van der Waals surface area contributed by atoms with Gasteiger partial charge in [0.25, 0.3) is 5.91 Å². The molecular formula is C18H19N5O2. The van der Waals surface area contributed by atoms with Crippen molar-refractivity contribution in [2.45, 2.75) is 31.4 Å². The van der Waals surface area contributed by atoms with Gasteiger partial charge in [0.2, 0.25) is 0 Å². The SMILES string of the molecule is O=C(NC(Cc1ccccn1)C1CC(O)C1)c1ccc2n[nH]nc2c1. The van der Waals surface area contributed by atoms with Gasteiger partial charge in [0.1, 0.15) is 11.0 Å². The molecule has 0 saturated heterocycles. The number of benzene rings is 1. The number of H-pyrrole nitrogens is 1. The van der Waals surface area contributed by atoms with Crippen LogP contribution in [0.3, 0.4) is 0 Å². The standard InChI is InChI=1S/C18H19N5O2/c24-14-7-12(8-14)16(10-13-3-1-2-6-19-13)20-18(25)11-4-5-15-17(9-11)22-23-21-15/h1-6,9,12,14,16,24H,7-8,10H2,(H,20,25)(H,21,22,23).